The molecule has 0 fully saturated rings. The number of hydrogen-bond acceptors (Lipinski definition) is 4. The number of halogens is 1. The van der Waals surface area contributed by atoms with Crippen molar-refractivity contribution in [1.29, 1.82) is 0 Å². The Morgan fingerprint density at radius 2 is 1.57 bits per heavy atom. The van der Waals surface area contributed by atoms with Gasteiger partial charge >= 0.3 is 0 Å². The lowest BCUT2D eigenvalue weighted by atomic mass is 10.1. The normalized spacial score (nSPS) is 12.5. The average Bonchev–Trinajstić information content (AvgIpc) is 2.89. The fourth-order valence-corrected chi connectivity index (χ4v) is 5.85. The number of nitrogens with one attached hydrogen (secondary N) is 1. The van der Waals surface area contributed by atoms with Gasteiger partial charge in [-0.3, -0.25) is 13.9 Å². The Balaban J connectivity index is 2.08. The van der Waals surface area contributed by atoms with Gasteiger partial charge in [0.05, 0.1) is 10.6 Å². The molecular formula is C31H38ClN3O4S. The minimum atomic E-state index is -4.15. The van der Waals surface area contributed by atoms with Gasteiger partial charge in [-0.1, -0.05) is 72.6 Å². The van der Waals surface area contributed by atoms with Crippen molar-refractivity contribution in [3.8, 4) is 0 Å². The summed E-state index contributed by atoms with van der Waals surface area (Å²) in [5.41, 5.74) is 2.42. The number of anilines is 1. The Kier molecular flexibility index (Phi) is 10.0. The van der Waals surface area contributed by atoms with Gasteiger partial charge in [-0.25, -0.2) is 8.42 Å². The van der Waals surface area contributed by atoms with E-state index in [1.165, 1.54) is 17.0 Å². The summed E-state index contributed by atoms with van der Waals surface area (Å²) in [6, 6.07) is 19.7. The second-order valence-corrected chi connectivity index (χ2v) is 13.2. The molecule has 3 aromatic carbocycles. The topological polar surface area (TPSA) is 86.8 Å². The molecule has 3 aromatic rings. The van der Waals surface area contributed by atoms with Gasteiger partial charge < -0.3 is 10.2 Å². The zero-order valence-electron chi connectivity index (χ0n) is 23.9. The van der Waals surface area contributed by atoms with E-state index in [9.17, 15) is 18.0 Å². The van der Waals surface area contributed by atoms with E-state index in [0.717, 1.165) is 21.0 Å². The van der Waals surface area contributed by atoms with Gasteiger partial charge in [0.1, 0.15) is 12.6 Å². The van der Waals surface area contributed by atoms with Crippen LogP contribution in [0.15, 0.2) is 77.7 Å². The van der Waals surface area contributed by atoms with Gasteiger partial charge in [0.15, 0.2) is 0 Å². The number of sulfonamides is 1. The van der Waals surface area contributed by atoms with Crippen molar-refractivity contribution in [1.82, 2.24) is 10.2 Å². The molecule has 0 unspecified atom stereocenters. The molecule has 0 aromatic heterocycles. The summed E-state index contributed by atoms with van der Waals surface area (Å²) in [4.78, 5) is 29.0. The van der Waals surface area contributed by atoms with Crippen LogP contribution in [0.3, 0.4) is 0 Å². The van der Waals surface area contributed by atoms with Crippen LogP contribution in [0.4, 0.5) is 5.69 Å². The maximum absolute atomic E-state index is 14.1. The minimum Gasteiger partial charge on any atom is -0.350 e. The Morgan fingerprint density at radius 1 is 0.950 bits per heavy atom. The molecule has 7 nitrogen and oxygen atoms in total. The van der Waals surface area contributed by atoms with Gasteiger partial charge in [-0.2, -0.15) is 0 Å². The van der Waals surface area contributed by atoms with Crippen LogP contribution >= 0.6 is 11.6 Å². The van der Waals surface area contributed by atoms with Crippen LogP contribution in [0.2, 0.25) is 5.02 Å². The van der Waals surface area contributed by atoms with Crippen LogP contribution in [0.5, 0.6) is 0 Å². The molecule has 0 bridgehead atoms. The molecule has 3 rings (SSSR count). The fraction of sp³-hybridized carbons (Fsp3) is 0.355. The summed E-state index contributed by atoms with van der Waals surface area (Å²) in [7, 11) is -4.15. The first kappa shape index (κ1) is 31.2. The van der Waals surface area contributed by atoms with Crippen LogP contribution in [0.1, 0.15) is 50.8 Å². The highest BCUT2D eigenvalue weighted by Gasteiger charge is 2.34. The van der Waals surface area contributed by atoms with Gasteiger partial charge in [-0.05, 0) is 76.4 Å². The van der Waals surface area contributed by atoms with Gasteiger partial charge in [0.25, 0.3) is 10.0 Å². The SMILES string of the molecule is CC[C@@H](C(=O)NC(C)(C)C)N(Cc1ccc(C)cc1)C(=O)CN(c1ccc(C)c(Cl)c1)S(=O)(=O)c1ccccc1. The fourth-order valence-electron chi connectivity index (χ4n) is 4.25. The van der Waals surface area contributed by atoms with E-state index in [1.54, 1.807) is 36.4 Å². The maximum Gasteiger partial charge on any atom is 0.264 e. The molecule has 2 amide bonds. The molecular weight excluding hydrogens is 546 g/mol. The van der Waals surface area contributed by atoms with Crippen molar-refractivity contribution in [2.24, 2.45) is 0 Å². The van der Waals surface area contributed by atoms with Gasteiger partial charge in [0, 0.05) is 17.1 Å². The summed E-state index contributed by atoms with van der Waals surface area (Å²) >= 11 is 6.38. The maximum atomic E-state index is 14.1. The quantitative estimate of drug-likeness (QED) is 0.323. The lowest BCUT2D eigenvalue weighted by molar-refractivity contribution is -0.141. The summed E-state index contributed by atoms with van der Waals surface area (Å²) in [6.07, 6.45) is 0.349. The number of benzene rings is 3. The molecule has 0 saturated carbocycles. The summed E-state index contributed by atoms with van der Waals surface area (Å²) in [5, 5.41) is 3.35. The first-order valence-corrected chi connectivity index (χ1v) is 15.1. The number of nitrogens with zero attached hydrogens (tertiary/aromatic N) is 2. The molecule has 0 aliphatic heterocycles. The molecule has 0 radical (unpaired) electrons. The highest BCUT2D eigenvalue weighted by atomic mass is 35.5. The third kappa shape index (κ3) is 7.86. The Bertz CT molecular complexity index is 1440. The number of rotatable bonds is 10. The first-order chi connectivity index (χ1) is 18.7. The average molecular weight is 584 g/mol. The summed E-state index contributed by atoms with van der Waals surface area (Å²) in [5.74, 6) is -0.806. The van der Waals surface area contributed by atoms with Crippen molar-refractivity contribution >= 4 is 39.1 Å². The zero-order valence-corrected chi connectivity index (χ0v) is 25.5. The monoisotopic (exact) mass is 583 g/mol. The molecule has 1 atom stereocenters. The highest BCUT2D eigenvalue weighted by molar-refractivity contribution is 7.92. The second kappa shape index (κ2) is 12.9. The van der Waals surface area contributed by atoms with Crippen molar-refractivity contribution in [3.63, 3.8) is 0 Å². The summed E-state index contributed by atoms with van der Waals surface area (Å²) < 4.78 is 28.8. The molecule has 0 aliphatic carbocycles. The predicted molar refractivity (Wildman–Crippen MR) is 161 cm³/mol. The van der Waals surface area contributed by atoms with Gasteiger partial charge in [0.2, 0.25) is 11.8 Å². The molecule has 214 valence electrons. The standard InChI is InChI=1S/C31H38ClN3O4S/c1-7-28(30(37)33-31(4,5)6)34(20-24-16-13-22(2)14-17-24)29(36)21-35(25-18-15-23(3)27(32)19-25)40(38,39)26-11-9-8-10-12-26/h8-19,28H,7,20-21H2,1-6H3,(H,33,37)/t28-/m0/s1. The largest absolute Gasteiger partial charge is 0.350 e. The van der Waals surface area contributed by atoms with E-state index < -0.39 is 34.1 Å². The Morgan fingerprint density at radius 3 is 2.12 bits per heavy atom. The number of hydrogen-bond donors (Lipinski definition) is 1. The molecule has 9 heteroatoms. The summed E-state index contributed by atoms with van der Waals surface area (Å²) in [6.45, 7) is 10.9. The Hall–Kier alpha value is -3.36. The van der Waals surface area contributed by atoms with Gasteiger partial charge in [-0.15, -0.1) is 0 Å². The zero-order chi connectivity index (χ0) is 29.7. The van der Waals surface area contributed by atoms with Crippen molar-refractivity contribution in [2.45, 2.75) is 71.0 Å². The highest BCUT2D eigenvalue weighted by Crippen LogP contribution is 2.28. The lowest BCUT2D eigenvalue weighted by Crippen LogP contribution is -2.55. The van der Waals surface area contributed by atoms with E-state index in [2.05, 4.69) is 5.32 Å². The van der Waals surface area contributed by atoms with E-state index >= 15 is 0 Å². The molecule has 0 saturated heterocycles. The third-order valence-corrected chi connectivity index (χ3v) is 8.61. The van der Waals surface area contributed by atoms with Crippen LogP contribution < -0.4 is 9.62 Å². The van der Waals surface area contributed by atoms with E-state index in [1.807, 2.05) is 65.8 Å². The second-order valence-electron chi connectivity index (χ2n) is 10.9. The van der Waals surface area contributed by atoms with E-state index in [-0.39, 0.29) is 23.0 Å². The van der Waals surface area contributed by atoms with Crippen molar-refractivity contribution in [3.05, 3.63) is 94.5 Å². The van der Waals surface area contributed by atoms with Crippen LogP contribution in [-0.2, 0) is 26.2 Å². The number of amides is 2. The molecule has 0 aliphatic rings. The number of aryl methyl sites for hydroxylation is 2. The molecule has 0 heterocycles. The lowest BCUT2D eigenvalue weighted by Gasteiger charge is -2.35. The van der Waals surface area contributed by atoms with Crippen LogP contribution in [0.25, 0.3) is 0 Å². The van der Waals surface area contributed by atoms with Crippen molar-refractivity contribution < 1.29 is 18.0 Å². The molecule has 1 N–H and O–H groups in total. The van der Waals surface area contributed by atoms with E-state index in [4.69, 9.17) is 11.6 Å². The molecule has 40 heavy (non-hydrogen) atoms. The minimum absolute atomic E-state index is 0.0436. The van der Waals surface area contributed by atoms with Crippen molar-refractivity contribution in [2.75, 3.05) is 10.8 Å². The molecule has 0 spiro atoms. The first-order valence-electron chi connectivity index (χ1n) is 13.2. The predicted octanol–water partition coefficient (Wildman–Crippen LogP) is 5.87. The third-order valence-electron chi connectivity index (χ3n) is 6.41. The number of carbonyl (C=O) groups excluding carboxylic acids is 2. The smallest absolute Gasteiger partial charge is 0.264 e. The Labute approximate surface area is 243 Å². The van der Waals surface area contributed by atoms with Crippen LogP contribution in [0, 0.1) is 13.8 Å². The van der Waals surface area contributed by atoms with Crippen LogP contribution in [-0.4, -0.2) is 43.3 Å². The van der Waals surface area contributed by atoms with E-state index in [0.29, 0.717) is 11.4 Å². The number of carbonyl (C=O) groups is 2.